The van der Waals surface area contributed by atoms with Crippen LogP contribution in [0.3, 0.4) is 0 Å². The van der Waals surface area contributed by atoms with E-state index in [1.165, 1.54) is 0 Å². The number of carbonyl (C=O) groups excluding carboxylic acids is 1. The summed E-state index contributed by atoms with van der Waals surface area (Å²) in [7, 11) is 1.84. The number of aryl methyl sites for hydroxylation is 1. The van der Waals surface area contributed by atoms with Gasteiger partial charge in [0.2, 0.25) is 0 Å². The topological polar surface area (TPSA) is 71.8 Å². The van der Waals surface area contributed by atoms with Crippen LogP contribution in [0.5, 0.6) is 0 Å². The van der Waals surface area contributed by atoms with Gasteiger partial charge in [0.05, 0.1) is 29.7 Å². The number of nitrogens with zero attached hydrogens (tertiary/aromatic N) is 3. The molecule has 19 heavy (non-hydrogen) atoms. The molecule has 0 atom stereocenters. The molecule has 0 radical (unpaired) electrons. The van der Waals surface area contributed by atoms with E-state index in [0.29, 0.717) is 12.1 Å². The third-order valence-electron chi connectivity index (χ3n) is 2.63. The van der Waals surface area contributed by atoms with Crippen LogP contribution in [0.1, 0.15) is 23.0 Å². The fourth-order valence-corrected chi connectivity index (χ4v) is 1.75. The van der Waals surface area contributed by atoms with Gasteiger partial charge in [-0.1, -0.05) is 0 Å². The van der Waals surface area contributed by atoms with Gasteiger partial charge in [0.15, 0.2) is 0 Å². The van der Waals surface area contributed by atoms with Crippen LogP contribution in [0.4, 0.5) is 5.69 Å². The summed E-state index contributed by atoms with van der Waals surface area (Å²) in [5.74, 6) is -0.135. The fourth-order valence-electron chi connectivity index (χ4n) is 1.75. The Morgan fingerprint density at radius 1 is 1.42 bits per heavy atom. The molecule has 0 aliphatic rings. The van der Waals surface area contributed by atoms with E-state index in [-0.39, 0.29) is 5.91 Å². The van der Waals surface area contributed by atoms with Crippen molar-refractivity contribution >= 4 is 11.6 Å². The first-order valence-corrected chi connectivity index (χ1v) is 6.15. The first kappa shape index (κ1) is 13.1. The molecule has 0 saturated carbocycles. The van der Waals surface area contributed by atoms with E-state index in [0.717, 1.165) is 17.9 Å². The van der Waals surface area contributed by atoms with Crippen molar-refractivity contribution in [3.05, 3.63) is 42.0 Å². The molecule has 0 unspecified atom stereocenters. The molecule has 0 saturated heterocycles. The maximum absolute atomic E-state index is 12.1. The smallest absolute Gasteiger partial charge is 0.253 e. The van der Waals surface area contributed by atoms with Crippen LogP contribution in [0.15, 0.2) is 30.7 Å². The number of rotatable bonds is 5. The molecule has 6 heteroatoms. The quantitative estimate of drug-likeness (QED) is 0.845. The second-order valence-corrected chi connectivity index (χ2v) is 4.12. The highest BCUT2D eigenvalue weighted by Crippen LogP contribution is 2.12. The molecule has 2 N–H and O–H groups in total. The Morgan fingerprint density at radius 3 is 2.95 bits per heavy atom. The Bertz CT molecular complexity index is 564. The normalized spacial score (nSPS) is 10.2. The van der Waals surface area contributed by atoms with Crippen molar-refractivity contribution in [1.29, 1.82) is 0 Å². The molecule has 2 aromatic heterocycles. The van der Waals surface area contributed by atoms with Gasteiger partial charge >= 0.3 is 0 Å². The molecular formula is C13H17N5O. The van der Waals surface area contributed by atoms with Crippen LogP contribution in [0, 0.1) is 0 Å². The van der Waals surface area contributed by atoms with E-state index in [1.807, 2.05) is 26.2 Å². The molecule has 100 valence electrons. The minimum Gasteiger partial charge on any atom is -0.383 e. The summed E-state index contributed by atoms with van der Waals surface area (Å²) in [5, 5.41) is 10.2. The SMILES string of the molecule is CCNc1cnccc1C(=O)NCc1ccn(C)n1. The third-order valence-corrected chi connectivity index (χ3v) is 2.63. The first-order valence-electron chi connectivity index (χ1n) is 6.15. The lowest BCUT2D eigenvalue weighted by molar-refractivity contribution is 0.0951. The summed E-state index contributed by atoms with van der Waals surface area (Å²) in [6.07, 6.45) is 5.10. The molecular weight excluding hydrogens is 242 g/mol. The maximum Gasteiger partial charge on any atom is 0.253 e. The summed E-state index contributed by atoms with van der Waals surface area (Å²) in [4.78, 5) is 16.1. The van der Waals surface area contributed by atoms with Crippen LogP contribution in [0.25, 0.3) is 0 Å². The summed E-state index contributed by atoms with van der Waals surface area (Å²) >= 11 is 0. The van der Waals surface area contributed by atoms with Crippen molar-refractivity contribution in [2.24, 2.45) is 7.05 Å². The number of carbonyl (C=O) groups is 1. The van der Waals surface area contributed by atoms with Crippen molar-refractivity contribution < 1.29 is 4.79 Å². The number of amides is 1. The van der Waals surface area contributed by atoms with Crippen molar-refractivity contribution in [3.8, 4) is 0 Å². The second-order valence-electron chi connectivity index (χ2n) is 4.12. The monoisotopic (exact) mass is 259 g/mol. The Morgan fingerprint density at radius 2 is 2.26 bits per heavy atom. The molecule has 0 aromatic carbocycles. The Balaban J connectivity index is 2.03. The van der Waals surface area contributed by atoms with Gasteiger partial charge in [0.1, 0.15) is 0 Å². The first-order chi connectivity index (χ1) is 9.20. The molecule has 0 fully saturated rings. The fraction of sp³-hybridized carbons (Fsp3) is 0.308. The number of hydrogen-bond acceptors (Lipinski definition) is 4. The zero-order valence-corrected chi connectivity index (χ0v) is 11.1. The van der Waals surface area contributed by atoms with Gasteiger partial charge in [0.25, 0.3) is 5.91 Å². The predicted octanol–water partition coefficient (Wildman–Crippen LogP) is 1.18. The van der Waals surface area contributed by atoms with Crippen molar-refractivity contribution in [1.82, 2.24) is 20.1 Å². The van der Waals surface area contributed by atoms with E-state index in [4.69, 9.17) is 0 Å². The molecule has 0 aliphatic heterocycles. The Hall–Kier alpha value is -2.37. The zero-order valence-electron chi connectivity index (χ0n) is 11.1. The lowest BCUT2D eigenvalue weighted by Gasteiger charge is -2.09. The van der Waals surface area contributed by atoms with E-state index in [9.17, 15) is 4.79 Å². The van der Waals surface area contributed by atoms with Crippen LogP contribution < -0.4 is 10.6 Å². The lowest BCUT2D eigenvalue weighted by Crippen LogP contribution is -2.24. The van der Waals surface area contributed by atoms with Crippen molar-refractivity contribution in [3.63, 3.8) is 0 Å². The second kappa shape index (κ2) is 5.99. The molecule has 2 heterocycles. The Kier molecular flexibility index (Phi) is 4.12. The van der Waals surface area contributed by atoms with Crippen LogP contribution in [0.2, 0.25) is 0 Å². The summed E-state index contributed by atoms with van der Waals surface area (Å²) in [6, 6.07) is 3.57. The van der Waals surface area contributed by atoms with Crippen LogP contribution in [-0.4, -0.2) is 27.2 Å². The van der Waals surface area contributed by atoms with Gasteiger partial charge in [0, 0.05) is 26.0 Å². The molecule has 2 aromatic rings. The van der Waals surface area contributed by atoms with Crippen LogP contribution in [-0.2, 0) is 13.6 Å². The van der Waals surface area contributed by atoms with E-state index >= 15 is 0 Å². The maximum atomic E-state index is 12.1. The van der Waals surface area contributed by atoms with Crippen molar-refractivity contribution in [2.75, 3.05) is 11.9 Å². The third kappa shape index (κ3) is 3.31. The highest BCUT2D eigenvalue weighted by atomic mass is 16.1. The van der Waals surface area contributed by atoms with Gasteiger partial charge in [-0.25, -0.2) is 0 Å². The van der Waals surface area contributed by atoms with Gasteiger partial charge in [-0.2, -0.15) is 5.10 Å². The van der Waals surface area contributed by atoms with Crippen LogP contribution >= 0.6 is 0 Å². The number of pyridine rings is 1. The van der Waals surface area contributed by atoms with Gasteiger partial charge < -0.3 is 10.6 Å². The van der Waals surface area contributed by atoms with Gasteiger partial charge in [-0.3, -0.25) is 14.5 Å². The van der Waals surface area contributed by atoms with E-state index in [1.54, 1.807) is 23.1 Å². The minimum absolute atomic E-state index is 0.135. The summed E-state index contributed by atoms with van der Waals surface area (Å²) in [5.41, 5.74) is 2.16. The average molecular weight is 259 g/mol. The summed E-state index contributed by atoms with van der Waals surface area (Å²) in [6.45, 7) is 3.13. The van der Waals surface area contributed by atoms with E-state index in [2.05, 4.69) is 20.7 Å². The van der Waals surface area contributed by atoms with E-state index < -0.39 is 0 Å². The van der Waals surface area contributed by atoms with Gasteiger partial charge in [-0.15, -0.1) is 0 Å². The standard InChI is InChI=1S/C13H17N5O/c1-3-15-12-9-14-6-4-11(12)13(19)16-8-10-5-7-18(2)17-10/h4-7,9,15H,3,8H2,1-2H3,(H,16,19). The zero-order chi connectivity index (χ0) is 13.7. The number of aromatic nitrogens is 3. The molecule has 2 rings (SSSR count). The molecule has 1 amide bonds. The average Bonchev–Trinajstić information content (AvgIpc) is 2.83. The van der Waals surface area contributed by atoms with Crippen molar-refractivity contribution in [2.45, 2.75) is 13.5 Å². The Labute approximate surface area is 111 Å². The molecule has 6 nitrogen and oxygen atoms in total. The number of nitrogens with one attached hydrogen (secondary N) is 2. The molecule has 0 bridgehead atoms. The van der Waals surface area contributed by atoms with Gasteiger partial charge in [-0.05, 0) is 19.1 Å². The highest BCUT2D eigenvalue weighted by Gasteiger charge is 2.10. The molecule has 0 aliphatic carbocycles. The highest BCUT2D eigenvalue weighted by molar-refractivity contribution is 5.99. The largest absolute Gasteiger partial charge is 0.383 e. The lowest BCUT2D eigenvalue weighted by atomic mass is 10.2. The summed E-state index contributed by atoms with van der Waals surface area (Å²) < 4.78 is 1.71. The molecule has 0 spiro atoms. The number of anilines is 1. The number of hydrogen-bond donors (Lipinski definition) is 2. The minimum atomic E-state index is -0.135. The predicted molar refractivity (Wildman–Crippen MR) is 72.8 cm³/mol.